The van der Waals surface area contributed by atoms with Gasteiger partial charge >= 0.3 is 0 Å². The molecule has 0 heterocycles. The van der Waals surface area contributed by atoms with Crippen molar-refractivity contribution in [1.29, 1.82) is 0 Å². The predicted molar refractivity (Wildman–Crippen MR) is 70.3 cm³/mol. The monoisotopic (exact) mass is 409 g/mol. The van der Waals surface area contributed by atoms with Crippen LogP contribution < -0.4 is 4.72 Å². The lowest BCUT2D eigenvalue weighted by atomic mass is 10.3. The predicted octanol–water partition coefficient (Wildman–Crippen LogP) is 3.08. The van der Waals surface area contributed by atoms with Crippen molar-refractivity contribution in [3.63, 3.8) is 0 Å². The molecule has 1 aromatic carbocycles. The van der Waals surface area contributed by atoms with E-state index in [1.807, 2.05) is 22.6 Å². The topological polar surface area (TPSA) is 46.2 Å². The lowest BCUT2D eigenvalue weighted by Crippen LogP contribution is -2.10. The van der Waals surface area contributed by atoms with Gasteiger partial charge in [0, 0.05) is 8.04 Å². The van der Waals surface area contributed by atoms with Crippen molar-refractivity contribution in [3.05, 3.63) is 25.2 Å². The first kappa shape index (κ1) is 12.5. The van der Waals surface area contributed by atoms with E-state index in [4.69, 9.17) is 11.6 Å². The van der Waals surface area contributed by atoms with Gasteiger partial charge in [-0.25, -0.2) is 8.42 Å². The minimum absolute atomic E-state index is 0.518. The molecular formula is C7H6BrClINO2S. The minimum Gasteiger partial charge on any atom is -0.283 e. The number of nitrogens with one attached hydrogen (secondary N) is 1. The Kier molecular flexibility index (Phi) is 4.07. The molecule has 7 heteroatoms. The van der Waals surface area contributed by atoms with Crippen LogP contribution in [-0.2, 0) is 10.0 Å². The summed E-state index contributed by atoms with van der Waals surface area (Å²) in [5, 5.41) is 0.549. The van der Waals surface area contributed by atoms with Gasteiger partial charge in [0.05, 0.1) is 17.0 Å². The summed E-state index contributed by atoms with van der Waals surface area (Å²) in [5.74, 6) is 0. The van der Waals surface area contributed by atoms with Gasteiger partial charge in [0.2, 0.25) is 10.0 Å². The first-order valence-corrected chi connectivity index (χ1v) is 7.56. The number of anilines is 1. The Hall–Kier alpha value is 0.470. The largest absolute Gasteiger partial charge is 0.283 e. The smallest absolute Gasteiger partial charge is 0.229 e. The fraction of sp³-hybridized carbons (Fsp3) is 0.143. The summed E-state index contributed by atoms with van der Waals surface area (Å²) in [6.45, 7) is 0. The molecule has 0 bridgehead atoms. The van der Waals surface area contributed by atoms with Crippen LogP contribution in [0.15, 0.2) is 16.6 Å². The molecule has 0 aliphatic rings. The molecule has 14 heavy (non-hydrogen) atoms. The van der Waals surface area contributed by atoms with Crippen molar-refractivity contribution in [3.8, 4) is 0 Å². The van der Waals surface area contributed by atoms with E-state index in [9.17, 15) is 8.42 Å². The van der Waals surface area contributed by atoms with Crippen LogP contribution in [0.5, 0.6) is 0 Å². The molecule has 0 amide bonds. The zero-order valence-electron chi connectivity index (χ0n) is 7.01. The Balaban J connectivity index is 3.17. The maximum Gasteiger partial charge on any atom is 0.229 e. The summed E-state index contributed by atoms with van der Waals surface area (Å²) in [5.41, 5.74) is 0.518. The zero-order valence-corrected chi connectivity index (χ0v) is 12.3. The van der Waals surface area contributed by atoms with Crippen molar-refractivity contribution >= 4 is 65.8 Å². The third-order valence-electron chi connectivity index (χ3n) is 1.31. The summed E-state index contributed by atoms with van der Waals surface area (Å²) in [6, 6.07) is 3.31. The van der Waals surface area contributed by atoms with Crippen LogP contribution in [-0.4, -0.2) is 14.7 Å². The second-order valence-electron chi connectivity index (χ2n) is 2.62. The summed E-state index contributed by atoms with van der Waals surface area (Å²) in [6.07, 6.45) is 1.10. The summed E-state index contributed by atoms with van der Waals surface area (Å²) >= 11 is 11.1. The Labute approximate surface area is 110 Å². The van der Waals surface area contributed by atoms with Crippen molar-refractivity contribution < 1.29 is 8.42 Å². The first-order valence-electron chi connectivity index (χ1n) is 3.42. The van der Waals surface area contributed by atoms with Gasteiger partial charge in [-0.2, -0.15) is 0 Å². The highest BCUT2D eigenvalue weighted by atomic mass is 127. The number of hydrogen-bond acceptors (Lipinski definition) is 2. The van der Waals surface area contributed by atoms with Crippen molar-refractivity contribution in [2.75, 3.05) is 11.0 Å². The minimum atomic E-state index is -3.25. The Bertz CT molecular complexity index is 463. The van der Waals surface area contributed by atoms with Crippen molar-refractivity contribution in [2.24, 2.45) is 0 Å². The molecule has 1 N–H and O–H groups in total. The van der Waals surface area contributed by atoms with Gasteiger partial charge in [-0.1, -0.05) is 11.6 Å². The molecule has 0 aliphatic heterocycles. The SMILES string of the molecule is CS(=O)(=O)Nc1cc(Br)c(Cl)cc1I. The zero-order chi connectivity index (χ0) is 10.9. The molecule has 0 aliphatic carbocycles. The van der Waals surface area contributed by atoms with Gasteiger partial charge in [-0.15, -0.1) is 0 Å². The molecule has 0 unspecified atom stereocenters. The van der Waals surface area contributed by atoms with E-state index in [0.29, 0.717) is 15.2 Å². The molecule has 1 rings (SSSR count). The highest BCUT2D eigenvalue weighted by molar-refractivity contribution is 14.1. The van der Waals surface area contributed by atoms with Crippen molar-refractivity contribution in [1.82, 2.24) is 0 Å². The Morgan fingerprint density at radius 1 is 1.50 bits per heavy atom. The quantitative estimate of drug-likeness (QED) is 0.602. The number of benzene rings is 1. The molecule has 3 nitrogen and oxygen atoms in total. The number of halogens is 3. The number of sulfonamides is 1. The highest BCUT2D eigenvalue weighted by Gasteiger charge is 2.08. The van der Waals surface area contributed by atoms with E-state index < -0.39 is 10.0 Å². The molecule has 78 valence electrons. The molecule has 0 aromatic heterocycles. The van der Waals surface area contributed by atoms with E-state index in [1.165, 1.54) is 0 Å². The molecular weight excluding hydrogens is 404 g/mol. The van der Waals surface area contributed by atoms with Crippen LogP contribution in [0.4, 0.5) is 5.69 Å². The van der Waals surface area contributed by atoms with Crippen LogP contribution >= 0.6 is 50.1 Å². The normalized spacial score (nSPS) is 11.4. The maximum absolute atomic E-state index is 11.0. The fourth-order valence-corrected chi connectivity index (χ4v) is 2.84. The van der Waals surface area contributed by atoms with Gasteiger partial charge < -0.3 is 0 Å². The first-order chi connectivity index (χ1) is 6.29. The summed E-state index contributed by atoms with van der Waals surface area (Å²) < 4.78 is 25.8. The average molecular weight is 410 g/mol. The van der Waals surface area contributed by atoms with Crippen LogP contribution in [0.2, 0.25) is 5.02 Å². The van der Waals surface area contributed by atoms with E-state index in [-0.39, 0.29) is 0 Å². The summed E-state index contributed by atoms with van der Waals surface area (Å²) in [4.78, 5) is 0. The maximum atomic E-state index is 11.0. The molecule has 0 radical (unpaired) electrons. The van der Waals surface area contributed by atoms with Crippen LogP contribution in [0.3, 0.4) is 0 Å². The van der Waals surface area contributed by atoms with Crippen LogP contribution in [0.25, 0.3) is 0 Å². The Morgan fingerprint density at radius 3 is 2.57 bits per heavy atom. The van der Waals surface area contributed by atoms with Crippen LogP contribution in [0, 0.1) is 3.57 Å². The summed E-state index contributed by atoms with van der Waals surface area (Å²) in [7, 11) is -3.25. The van der Waals surface area contributed by atoms with Gasteiger partial charge in [-0.3, -0.25) is 4.72 Å². The number of hydrogen-bond donors (Lipinski definition) is 1. The molecule has 0 atom stereocenters. The standard InChI is InChI=1S/C7H6BrClINO2S/c1-14(12,13)11-7-2-4(8)5(9)3-6(7)10/h2-3,11H,1H3. The van der Waals surface area contributed by atoms with E-state index in [2.05, 4.69) is 20.7 Å². The van der Waals surface area contributed by atoms with Gasteiger partial charge in [-0.05, 0) is 50.7 Å². The second kappa shape index (κ2) is 4.54. The van der Waals surface area contributed by atoms with Crippen LogP contribution in [0.1, 0.15) is 0 Å². The van der Waals surface area contributed by atoms with E-state index in [1.54, 1.807) is 12.1 Å². The molecule has 1 aromatic rings. The molecule has 0 fully saturated rings. The Morgan fingerprint density at radius 2 is 2.07 bits per heavy atom. The number of rotatable bonds is 2. The molecule has 0 spiro atoms. The van der Waals surface area contributed by atoms with Gasteiger partial charge in [0.1, 0.15) is 0 Å². The van der Waals surface area contributed by atoms with Gasteiger partial charge in [0.25, 0.3) is 0 Å². The lowest BCUT2D eigenvalue weighted by molar-refractivity contribution is 0.607. The van der Waals surface area contributed by atoms with Gasteiger partial charge in [0.15, 0.2) is 0 Å². The van der Waals surface area contributed by atoms with E-state index in [0.717, 1.165) is 9.83 Å². The molecule has 0 saturated heterocycles. The van der Waals surface area contributed by atoms with Crippen molar-refractivity contribution in [2.45, 2.75) is 0 Å². The third-order valence-corrected chi connectivity index (χ3v) is 3.99. The second-order valence-corrected chi connectivity index (χ2v) is 6.79. The lowest BCUT2D eigenvalue weighted by Gasteiger charge is -2.07. The molecule has 0 saturated carbocycles. The van der Waals surface area contributed by atoms with E-state index >= 15 is 0 Å². The fourth-order valence-electron chi connectivity index (χ4n) is 0.801. The highest BCUT2D eigenvalue weighted by Crippen LogP contribution is 2.30. The average Bonchev–Trinajstić information content (AvgIpc) is 1.97. The third kappa shape index (κ3) is 3.56.